The standard InChI is InChI=1S/C11H17BN2O2/c1-9-4-3-7-14(8-9)11-6-2-5-10(13-11)12(15)16/h2,5-6,9,15-16H,3-4,7-8H2,1H3/t9-/m0/s1. The molecule has 0 spiro atoms. The van der Waals surface area contributed by atoms with E-state index in [-0.39, 0.29) is 0 Å². The molecule has 1 aliphatic heterocycles. The summed E-state index contributed by atoms with van der Waals surface area (Å²) >= 11 is 0. The van der Waals surface area contributed by atoms with E-state index >= 15 is 0 Å². The molecule has 2 N–H and O–H groups in total. The maximum absolute atomic E-state index is 9.07. The van der Waals surface area contributed by atoms with E-state index in [1.807, 2.05) is 12.1 Å². The fraction of sp³-hybridized carbons (Fsp3) is 0.545. The molecule has 0 bridgehead atoms. The Balaban J connectivity index is 2.16. The number of hydrogen-bond acceptors (Lipinski definition) is 4. The van der Waals surface area contributed by atoms with Crippen LogP contribution in [0.15, 0.2) is 18.2 Å². The molecule has 1 aromatic rings. The van der Waals surface area contributed by atoms with Crippen LogP contribution in [0, 0.1) is 5.92 Å². The van der Waals surface area contributed by atoms with Crippen LogP contribution in [-0.4, -0.2) is 35.2 Å². The summed E-state index contributed by atoms with van der Waals surface area (Å²) in [4.78, 5) is 6.46. The van der Waals surface area contributed by atoms with E-state index in [0.717, 1.165) is 18.9 Å². The highest BCUT2D eigenvalue weighted by Crippen LogP contribution is 2.20. The molecule has 1 aliphatic rings. The molecule has 2 rings (SSSR count). The van der Waals surface area contributed by atoms with Crippen molar-refractivity contribution < 1.29 is 10.0 Å². The van der Waals surface area contributed by atoms with E-state index in [0.29, 0.717) is 11.5 Å². The molecule has 1 aromatic heterocycles. The maximum Gasteiger partial charge on any atom is 0.508 e. The molecule has 0 aromatic carbocycles. The number of pyridine rings is 1. The molecule has 1 saturated heterocycles. The van der Waals surface area contributed by atoms with E-state index < -0.39 is 7.12 Å². The average Bonchev–Trinajstić information content (AvgIpc) is 2.29. The number of aromatic nitrogens is 1. The Kier molecular flexibility index (Phi) is 3.46. The first-order valence-corrected chi connectivity index (χ1v) is 5.75. The van der Waals surface area contributed by atoms with Crippen LogP contribution in [0.3, 0.4) is 0 Å². The Bertz CT molecular complexity index is 360. The smallest absolute Gasteiger partial charge is 0.422 e. The lowest BCUT2D eigenvalue weighted by Gasteiger charge is -2.32. The topological polar surface area (TPSA) is 56.6 Å². The number of rotatable bonds is 2. The minimum Gasteiger partial charge on any atom is -0.422 e. The van der Waals surface area contributed by atoms with Gasteiger partial charge >= 0.3 is 7.12 Å². The Morgan fingerprint density at radius 2 is 2.25 bits per heavy atom. The molecule has 16 heavy (non-hydrogen) atoms. The van der Waals surface area contributed by atoms with Crippen molar-refractivity contribution in [2.24, 2.45) is 5.92 Å². The third-order valence-corrected chi connectivity index (χ3v) is 3.00. The predicted molar refractivity (Wildman–Crippen MR) is 64.7 cm³/mol. The number of nitrogens with zero attached hydrogens (tertiary/aromatic N) is 2. The van der Waals surface area contributed by atoms with Crippen LogP contribution < -0.4 is 10.5 Å². The van der Waals surface area contributed by atoms with Gasteiger partial charge in [-0.1, -0.05) is 13.0 Å². The molecule has 2 heterocycles. The lowest BCUT2D eigenvalue weighted by atomic mass is 9.86. The summed E-state index contributed by atoms with van der Waals surface area (Å²) in [5, 5.41) is 18.1. The van der Waals surface area contributed by atoms with Gasteiger partial charge in [0.2, 0.25) is 0 Å². The van der Waals surface area contributed by atoms with Crippen LogP contribution in [0.5, 0.6) is 0 Å². The van der Waals surface area contributed by atoms with Crippen LogP contribution in [-0.2, 0) is 0 Å². The fourth-order valence-corrected chi connectivity index (χ4v) is 2.16. The number of piperidine rings is 1. The van der Waals surface area contributed by atoms with Crippen LogP contribution >= 0.6 is 0 Å². The molecule has 0 aliphatic carbocycles. The van der Waals surface area contributed by atoms with Gasteiger partial charge in [-0.2, -0.15) is 0 Å². The van der Waals surface area contributed by atoms with Gasteiger partial charge in [0.15, 0.2) is 0 Å². The van der Waals surface area contributed by atoms with E-state index in [2.05, 4.69) is 16.8 Å². The second-order valence-corrected chi connectivity index (χ2v) is 4.49. The summed E-state index contributed by atoms with van der Waals surface area (Å²) in [5.74, 6) is 1.52. The summed E-state index contributed by atoms with van der Waals surface area (Å²) in [6.07, 6.45) is 2.44. The predicted octanol–water partition coefficient (Wildman–Crippen LogP) is -0.00230. The van der Waals surface area contributed by atoms with Gasteiger partial charge in [0.25, 0.3) is 0 Å². The van der Waals surface area contributed by atoms with Crippen molar-refractivity contribution in [2.45, 2.75) is 19.8 Å². The second-order valence-electron chi connectivity index (χ2n) is 4.49. The lowest BCUT2D eigenvalue weighted by molar-refractivity contribution is 0.423. The third kappa shape index (κ3) is 2.54. The molecule has 0 saturated carbocycles. The largest absolute Gasteiger partial charge is 0.508 e. The van der Waals surface area contributed by atoms with Crippen molar-refractivity contribution in [1.29, 1.82) is 0 Å². The first kappa shape index (κ1) is 11.4. The highest BCUT2D eigenvalue weighted by atomic mass is 16.4. The average molecular weight is 220 g/mol. The summed E-state index contributed by atoms with van der Waals surface area (Å²) in [5.41, 5.74) is 0.315. The normalized spacial score (nSPS) is 20.9. The van der Waals surface area contributed by atoms with Gasteiger partial charge in [-0.15, -0.1) is 0 Å². The van der Waals surface area contributed by atoms with Gasteiger partial charge in [0.1, 0.15) is 5.82 Å². The highest BCUT2D eigenvalue weighted by Gasteiger charge is 2.19. The van der Waals surface area contributed by atoms with Crippen molar-refractivity contribution in [3.63, 3.8) is 0 Å². The van der Waals surface area contributed by atoms with Crippen molar-refractivity contribution in [3.05, 3.63) is 18.2 Å². The van der Waals surface area contributed by atoms with Crippen molar-refractivity contribution in [1.82, 2.24) is 4.98 Å². The zero-order valence-electron chi connectivity index (χ0n) is 9.50. The molecular formula is C11H17BN2O2. The highest BCUT2D eigenvalue weighted by molar-refractivity contribution is 6.57. The summed E-state index contributed by atoms with van der Waals surface area (Å²) in [6.45, 7) is 4.23. The first-order chi connectivity index (χ1) is 7.66. The van der Waals surface area contributed by atoms with Crippen molar-refractivity contribution >= 4 is 18.5 Å². The van der Waals surface area contributed by atoms with Crippen molar-refractivity contribution in [2.75, 3.05) is 18.0 Å². The van der Waals surface area contributed by atoms with E-state index in [9.17, 15) is 0 Å². The molecule has 0 amide bonds. The zero-order chi connectivity index (χ0) is 11.5. The summed E-state index contributed by atoms with van der Waals surface area (Å²) < 4.78 is 0. The van der Waals surface area contributed by atoms with Gasteiger partial charge in [0, 0.05) is 13.1 Å². The van der Waals surface area contributed by atoms with Gasteiger partial charge in [-0.25, -0.2) is 4.98 Å². The van der Waals surface area contributed by atoms with Gasteiger partial charge in [-0.3, -0.25) is 0 Å². The second kappa shape index (κ2) is 4.85. The third-order valence-electron chi connectivity index (χ3n) is 3.00. The SMILES string of the molecule is C[C@H]1CCCN(c2cccc(B(O)O)n2)C1. The summed E-state index contributed by atoms with van der Waals surface area (Å²) in [7, 11) is -1.48. The van der Waals surface area contributed by atoms with E-state index in [4.69, 9.17) is 10.0 Å². The molecule has 4 nitrogen and oxygen atoms in total. The van der Waals surface area contributed by atoms with E-state index in [1.54, 1.807) is 6.07 Å². The van der Waals surface area contributed by atoms with Crippen LogP contribution in [0.4, 0.5) is 5.82 Å². The monoisotopic (exact) mass is 220 g/mol. The Labute approximate surface area is 96.1 Å². The molecule has 0 radical (unpaired) electrons. The van der Waals surface area contributed by atoms with Crippen molar-refractivity contribution in [3.8, 4) is 0 Å². The van der Waals surface area contributed by atoms with E-state index in [1.165, 1.54) is 12.8 Å². The van der Waals surface area contributed by atoms with Crippen LogP contribution in [0.2, 0.25) is 0 Å². The minimum absolute atomic E-state index is 0.315. The quantitative estimate of drug-likeness (QED) is 0.688. The molecule has 1 fully saturated rings. The number of anilines is 1. The molecular weight excluding hydrogens is 203 g/mol. The van der Waals surface area contributed by atoms with Gasteiger partial charge in [0.05, 0.1) is 5.59 Å². The van der Waals surface area contributed by atoms with Gasteiger partial charge in [-0.05, 0) is 30.9 Å². The zero-order valence-corrected chi connectivity index (χ0v) is 9.50. The lowest BCUT2D eigenvalue weighted by Crippen LogP contribution is -2.38. The first-order valence-electron chi connectivity index (χ1n) is 5.75. The fourth-order valence-electron chi connectivity index (χ4n) is 2.16. The maximum atomic E-state index is 9.07. The van der Waals surface area contributed by atoms with Crippen LogP contribution in [0.1, 0.15) is 19.8 Å². The molecule has 1 atom stereocenters. The molecule has 0 unspecified atom stereocenters. The van der Waals surface area contributed by atoms with Crippen LogP contribution in [0.25, 0.3) is 0 Å². The Hall–Kier alpha value is -1.07. The Morgan fingerprint density at radius 1 is 1.44 bits per heavy atom. The molecule has 5 heteroatoms. The minimum atomic E-state index is -1.48. The number of hydrogen-bond donors (Lipinski definition) is 2. The molecule has 86 valence electrons. The summed E-state index contributed by atoms with van der Waals surface area (Å²) in [6, 6.07) is 5.36. The van der Waals surface area contributed by atoms with Gasteiger partial charge < -0.3 is 14.9 Å². The Morgan fingerprint density at radius 3 is 2.94 bits per heavy atom.